The minimum absolute atomic E-state index is 0.229. The van der Waals surface area contributed by atoms with Gasteiger partial charge in [-0.05, 0) is 17.9 Å². The molecule has 0 radical (unpaired) electrons. The second kappa shape index (κ2) is 7.70. The predicted molar refractivity (Wildman–Crippen MR) is 86.5 cm³/mol. The molecule has 6 heteroatoms. The number of carbonyl (C=O) groups is 1. The van der Waals surface area contributed by atoms with E-state index in [4.69, 9.17) is 14.2 Å². The van der Waals surface area contributed by atoms with Gasteiger partial charge in [0.1, 0.15) is 22.8 Å². The molecule has 0 saturated heterocycles. The Bertz CT molecular complexity index is 600. The van der Waals surface area contributed by atoms with E-state index in [0.717, 1.165) is 6.42 Å². The summed E-state index contributed by atoms with van der Waals surface area (Å²) in [5, 5.41) is 4.91. The van der Waals surface area contributed by atoms with Gasteiger partial charge in [-0.1, -0.05) is 6.07 Å². The van der Waals surface area contributed by atoms with E-state index in [9.17, 15) is 4.79 Å². The highest BCUT2D eigenvalue weighted by molar-refractivity contribution is 7.09. The van der Waals surface area contributed by atoms with Gasteiger partial charge in [-0.3, -0.25) is 4.79 Å². The molecule has 0 bridgehead atoms. The van der Waals surface area contributed by atoms with Crippen molar-refractivity contribution in [1.82, 2.24) is 5.32 Å². The monoisotopic (exact) mass is 321 g/mol. The van der Waals surface area contributed by atoms with E-state index >= 15 is 0 Å². The highest BCUT2D eigenvalue weighted by atomic mass is 32.1. The third-order valence-electron chi connectivity index (χ3n) is 3.18. The summed E-state index contributed by atoms with van der Waals surface area (Å²) in [7, 11) is 4.57. The van der Waals surface area contributed by atoms with Crippen molar-refractivity contribution in [3.05, 3.63) is 40.1 Å². The molecule has 2 rings (SSSR count). The Morgan fingerprint density at radius 1 is 1.14 bits per heavy atom. The van der Waals surface area contributed by atoms with E-state index in [2.05, 4.69) is 5.32 Å². The Morgan fingerprint density at radius 2 is 1.82 bits per heavy atom. The molecule has 0 saturated carbocycles. The lowest BCUT2D eigenvalue weighted by molar-refractivity contribution is 0.0948. The SMILES string of the molecule is COc1cc(OC)c(C(=O)NCCc2cccs2)c(OC)c1. The quantitative estimate of drug-likeness (QED) is 0.852. The Hall–Kier alpha value is -2.21. The van der Waals surface area contributed by atoms with Crippen LogP contribution in [0.3, 0.4) is 0 Å². The van der Waals surface area contributed by atoms with Crippen LogP contribution in [-0.2, 0) is 6.42 Å². The van der Waals surface area contributed by atoms with Crippen molar-refractivity contribution in [2.75, 3.05) is 27.9 Å². The molecule has 5 nitrogen and oxygen atoms in total. The molecule has 0 atom stereocenters. The molecule has 1 aromatic heterocycles. The maximum Gasteiger partial charge on any atom is 0.258 e. The largest absolute Gasteiger partial charge is 0.496 e. The molecule has 118 valence electrons. The van der Waals surface area contributed by atoms with Gasteiger partial charge in [0.15, 0.2) is 0 Å². The van der Waals surface area contributed by atoms with Crippen LogP contribution in [0.4, 0.5) is 0 Å². The number of methoxy groups -OCH3 is 3. The molecule has 1 amide bonds. The Balaban J connectivity index is 2.13. The Morgan fingerprint density at radius 3 is 2.32 bits per heavy atom. The molecule has 1 N–H and O–H groups in total. The number of hydrogen-bond donors (Lipinski definition) is 1. The standard InChI is InChI=1S/C16H19NO4S/c1-19-11-9-13(20-2)15(14(10-11)21-3)16(18)17-7-6-12-5-4-8-22-12/h4-5,8-10H,6-7H2,1-3H3,(H,17,18). The molecule has 0 aliphatic heterocycles. The minimum Gasteiger partial charge on any atom is -0.496 e. The Kier molecular flexibility index (Phi) is 5.66. The Labute approximate surface area is 133 Å². The summed E-state index contributed by atoms with van der Waals surface area (Å²) in [5.41, 5.74) is 0.372. The number of ether oxygens (including phenoxy) is 3. The maximum atomic E-state index is 12.4. The fourth-order valence-corrected chi connectivity index (χ4v) is 2.78. The van der Waals surface area contributed by atoms with Gasteiger partial charge in [0.2, 0.25) is 0 Å². The molecule has 1 aromatic carbocycles. The minimum atomic E-state index is -0.229. The van der Waals surface area contributed by atoms with E-state index < -0.39 is 0 Å². The third kappa shape index (κ3) is 3.71. The number of amides is 1. The number of hydrogen-bond acceptors (Lipinski definition) is 5. The summed E-state index contributed by atoms with van der Waals surface area (Å²) in [6.07, 6.45) is 0.796. The normalized spacial score (nSPS) is 10.1. The fraction of sp³-hybridized carbons (Fsp3) is 0.312. The van der Waals surface area contributed by atoms with Gasteiger partial charge in [0, 0.05) is 23.6 Å². The van der Waals surface area contributed by atoms with Gasteiger partial charge in [0.25, 0.3) is 5.91 Å². The van der Waals surface area contributed by atoms with Crippen LogP contribution in [0.1, 0.15) is 15.2 Å². The zero-order valence-electron chi connectivity index (χ0n) is 12.8. The van der Waals surface area contributed by atoms with Gasteiger partial charge in [-0.25, -0.2) is 0 Å². The lowest BCUT2D eigenvalue weighted by Gasteiger charge is -2.14. The summed E-state index contributed by atoms with van der Waals surface area (Å²) in [6, 6.07) is 7.37. The zero-order chi connectivity index (χ0) is 15.9. The van der Waals surface area contributed by atoms with Crippen LogP contribution < -0.4 is 19.5 Å². The molecule has 0 aliphatic rings. The first-order valence-electron chi connectivity index (χ1n) is 6.80. The van der Waals surface area contributed by atoms with Gasteiger partial charge < -0.3 is 19.5 Å². The molecule has 0 spiro atoms. The van der Waals surface area contributed by atoms with Gasteiger partial charge in [0.05, 0.1) is 21.3 Å². The molecular formula is C16H19NO4S. The second-order valence-electron chi connectivity index (χ2n) is 4.49. The molecule has 2 aromatic rings. The van der Waals surface area contributed by atoms with E-state index in [1.165, 1.54) is 19.1 Å². The molecule has 1 heterocycles. The van der Waals surface area contributed by atoms with E-state index in [0.29, 0.717) is 29.4 Å². The number of thiophene rings is 1. The van der Waals surface area contributed by atoms with Crippen LogP contribution >= 0.6 is 11.3 Å². The number of rotatable bonds is 7. The fourth-order valence-electron chi connectivity index (χ4n) is 2.07. The van der Waals surface area contributed by atoms with Crippen LogP contribution in [0.25, 0.3) is 0 Å². The van der Waals surface area contributed by atoms with E-state index in [-0.39, 0.29) is 5.91 Å². The summed E-state index contributed by atoms with van der Waals surface area (Å²) >= 11 is 1.67. The van der Waals surface area contributed by atoms with Crippen molar-refractivity contribution in [2.24, 2.45) is 0 Å². The topological polar surface area (TPSA) is 56.8 Å². The molecule has 0 unspecified atom stereocenters. The maximum absolute atomic E-state index is 12.4. The van der Waals surface area contributed by atoms with Crippen LogP contribution in [0, 0.1) is 0 Å². The first kappa shape index (κ1) is 16.2. The van der Waals surface area contributed by atoms with Gasteiger partial charge in [-0.2, -0.15) is 0 Å². The van der Waals surface area contributed by atoms with E-state index in [1.54, 1.807) is 30.6 Å². The van der Waals surface area contributed by atoms with Gasteiger partial charge >= 0.3 is 0 Å². The van der Waals surface area contributed by atoms with Gasteiger partial charge in [-0.15, -0.1) is 11.3 Å². The van der Waals surface area contributed by atoms with E-state index in [1.807, 2.05) is 17.5 Å². The number of nitrogens with one attached hydrogen (secondary N) is 1. The number of benzene rings is 1. The van der Waals surface area contributed by atoms with Crippen LogP contribution in [0.15, 0.2) is 29.6 Å². The smallest absolute Gasteiger partial charge is 0.258 e. The first-order chi connectivity index (χ1) is 10.7. The molecular weight excluding hydrogens is 302 g/mol. The second-order valence-corrected chi connectivity index (χ2v) is 5.52. The first-order valence-corrected chi connectivity index (χ1v) is 7.68. The van der Waals surface area contributed by atoms with Crippen molar-refractivity contribution in [3.8, 4) is 17.2 Å². The third-order valence-corrected chi connectivity index (χ3v) is 4.12. The molecule has 22 heavy (non-hydrogen) atoms. The van der Waals surface area contributed by atoms with Crippen molar-refractivity contribution < 1.29 is 19.0 Å². The summed E-state index contributed by atoms with van der Waals surface area (Å²) in [6.45, 7) is 0.553. The summed E-state index contributed by atoms with van der Waals surface area (Å²) < 4.78 is 15.7. The van der Waals surface area contributed by atoms with Crippen molar-refractivity contribution in [3.63, 3.8) is 0 Å². The highest BCUT2D eigenvalue weighted by Gasteiger charge is 2.20. The summed E-state index contributed by atoms with van der Waals surface area (Å²) in [5.74, 6) is 1.19. The van der Waals surface area contributed by atoms with Crippen LogP contribution in [-0.4, -0.2) is 33.8 Å². The number of carbonyl (C=O) groups excluding carboxylic acids is 1. The summed E-state index contributed by atoms with van der Waals surface area (Å²) in [4.78, 5) is 13.7. The zero-order valence-corrected chi connectivity index (χ0v) is 13.7. The molecule has 0 fully saturated rings. The lowest BCUT2D eigenvalue weighted by Crippen LogP contribution is -2.26. The van der Waals surface area contributed by atoms with Crippen molar-refractivity contribution in [1.29, 1.82) is 0 Å². The van der Waals surface area contributed by atoms with Crippen LogP contribution in [0.5, 0.6) is 17.2 Å². The van der Waals surface area contributed by atoms with Crippen molar-refractivity contribution >= 4 is 17.2 Å². The van der Waals surface area contributed by atoms with Crippen LogP contribution in [0.2, 0.25) is 0 Å². The molecule has 0 aliphatic carbocycles. The predicted octanol–water partition coefficient (Wildman–Crippen LogP) is 2.75. The lowest BCUT2D eigenvalue weighted by atomic mass is 10.1. The highest BCUT2D eigenvalue weighted by Crippen LogP contribution is 2.33. The van der Waals surface area contributed by atoms with Crippen molar-refractivity contribution in [2.45, 2.75) is 6.42 Å². The average Bonchev–Trinajstić information content (AvgIpc) is 3.06. The average molecular weight is 321 g/mol.